The molecular weight excluding hydrogens is 208 g/mol. The monoisotopic (exact) mass is 224 g/mol. The number of ether oxygens (including phenoxy) is 2. The Balaban J connectivity index is 2.57. The van der Waals surface area contributed by atoms with Crippen LogP contribution >= 0.6 is 0 Å². The summed E-state index contributed by atoms with van der Waals surface area (Å²) >= 11 is 0. The summed E-state index contributed by atoms with van der Waals surface area (Å²) in [5.74, 6) is 0. The largest absolute Gasteiger partial charge is 0.394 e. The van der Waals surface area contributed by atoms with Crippen LogP contribution in [0.4, 0.5) is 0 Å². The molecule has 0 spiro atoms. The van der Waals surface area contributed by atoms with Gasteiger partial charge in [-0.25, -0.2) is 0 Å². The zero-order valence-corrected chi connectivity index (χ0v) is 8.06. The van der Waals surface area contributed by atoms with Crippen LogP contribution < -0.4 is 0 Å². The summed E-state index contributed by atoms with van der Waals surface area (Å²) in [6.45, 7) is -0.818. The molecule has 0 saturated carbocycles. The molecule has 1 aliphatic rings. The lowest BCUT2D eigenvalue weighted by molar-refractivity contribution is -0.302. The van der Waals surface area contributed by atoms with Crippen molar-refractivity contribution in [2.45, 2.75) is 30.7 Å². The Hall–Kier alpha value is -0.280. The highest BCUT2D eigenvalue weighted by Crippen LogP contribution is 2.21. The summed E-state index contributed by atoms with van der Waals surface area (Å²) in [5, 5.41) is 45.5. The molecule has 0 unspecified atom stereocenters. The fraction of sp³-hybridized carbons (Fsp3) is 1.00. The molecule has 0 aromatic carbocycles. The molecule has 1 fully saturated rings. The molecule has 0 bridgehead atoms. The van der Waals surface area contributed by atoms with Crippen molar-refractivity contribution >= 4 is 0 Å². The van der Waals surface area contributed by atoms with Crippen LogP contribution in [0, 0.1) is 0 Å². The van der Waals surface area contributed by atoms with Crippen molar-refractivity contribution in [2.75, 3.05) is 19.8 Å². The molecule has 1 rings (SSSR count). The fourth-order valence-corrected chi connectivity index (χ4v) is 1.37. The lowest BCUT2D eigenvalue weighted by Crippen LogP contribution is -2.59. The van der Waals surface area contributed by atoms with Crippen LogP contribution in [-0.4, -0.2) is 76.1 Å². The summed E-state index contributed by atoms with van der Waals surface area (Å²) in [7, 11) is 0. The number of rotatable bonds is 4. The molecule has 1 heterocycles. The van der Waals surface area contributed by atoms with Gasteiger partial charge >= 0.3 is 0 Å². The summed E-state index contributed by atoms with van der Waals surface area (Å²) in [5.41, 5.74) is 0. The summed E-state index contributed by atoms with van der Waals surface area (Å²) in [4.78, 5) is 0. The second-order valence-corrected chi connectivity index (χ2v) is 3.29. The smallest absolute Gasteiger partial charge is 0.186 e. The maximum atomic E-state index is 9.42. The van der Waals surface area contributed by atoms with Gasteiger partial charge in [0.15, 0.2) is 6.29 Å². The molecule has 7 nitrogen and oxygen atoms in total. The first kappa shape index (κ1) is 12.8. The average molecular weight is 224 g/mol. The van der Waals surface area contributed by atoms with E-state index in [-0.39, 0.29) is 13.2 Å². The van der Waals surface area contributed by atoms with Crippen LogP contribution in [0.25, 0.3) is 0 Å². The van der Waals surface area contributed by atoms with Gasteiger partial charge in [0.25, 0.3) is 0 Å². The molecule has 0 amide bonds. The molecule has 0 aliphatic carbocycles. The number of aliphatic hydroxyl groups excluding tert-OH is 5. The Labute approximate surface area is 86.5 Å². The number of aliphatic hydroxyl groups is 5. The lowest BCUT2D eigenvalue weighted by Gasteiger charge is -2.39. The predicted octanol–water partition coefficient (Wildman–Crippen LogP) is -3.20. The molecular formula is C8H16O7. The van der Waals surface area contributed by atoms with Gasteiger partial charge in [-0.2, -0.15) is 0 Å². The topological polar surface area (TPSA) is 120 Å². The van der Waals surface area contributed by atoms with Crippen molar-refractivity contribution in [3.63, 3.8) is 0 Å². The van der Waals surface area contributed by atoms with Gasteiger partial charge in [0.05, 0.1) is 19.8 Å². The Morgan fingerprint density at radius 2 is 1.67 bits per heavy atom. The highest BCUT2D eigenvalue weighted by molar-refractivity contribution is 4.88. The van der Waals surface area contributed by atoms with E-state index in [0.717, 1.165) is 0 Å². The molecule has 1 aliphatic heterocycles. The van der Waals surface area contributed by atoms with Gasteiger partial charge in [-0.05, 0) is 0 Å². The SMILES string of the molecule is OCCO[C@H]1O[C@H](CO)[C@@H](O)[C@H](O)[C@@H]1O. The quantitative estimate of drug-likeness (QED) is 0.341. The molecule has 7 heteroatoms. The summed E-state index contributed by atoms with van der Waals surface area (Å²) in [6.07, 6.45) is -6.38. The second kappa shape index (κ2) is 5.71. The van der Waals surface area contributed by atoms with Gasteiger partial charge < -0.3 is 35.0 Å². The first-order valence-corrected chi connectivity index (χ1v) is 4.64. The predicted molar refractivity (Wildman–Crippen MR) is 46.8 cm³/mol. The van der Waals surface area contributed by atoms with Crippen molar-refractivity contribution in [1.29, 1.82) is 0 Å². The lowest BCUT2D eigenvalue weighted by atomic mass is 9.99. The van der Waals surface area contributed by atoms with E-state index in [1.807, 2.05) is 0 Å². The van der Waals surface area contributed by atoms with Crippen LogP contribution in [0.3, 0.4) is 0 Å². The number of hydrogen-bond donors (Lipinski definition) is 5. The minimum absolute atomic E-state index is 0.0668. The zero-order chi connectivity index (χ0) is 11.4. The molecule has 5 N–H and O–H groups in total. The fourth-order valence-electron chi connectivity index (χ4n) is 1.37. The van der Waals surface area contributed by atoms with Crippen molar-refractivity contribution in [3.05, 3.63) is 0 Å². The molecule has 15 heavy (non-hydrogen) atoms. The third-order valence-electron chi connectivity index (χ3n) is 2.22. The third kappa shape index (κ3) is 2.85. The maximum absolute atomic E-state index is 9.42. The third-order valence-corrected chi connectivity index (χ3v) is 2.22. The normalized spacial score (nSPS) is 41.8. The number of hydrogen-bond acceptors (Lipinski definition) is 7. The van der Waals surface area contributed by atoms with E-state index in [1.165, 1.54) is 0 Å². The van der Waals surface area contributed by atoms with Crippen molar-refractivity contribution in [2.24, 2.45) is 0 Å². The molecule has 0 radical (unpaired) electrons. The Morgan fingerprint density at radius 1 is 1.00 bits per heavy atom. The first-order valence-electron chi connectivity index (χ1n) is 4.64. The minimum Gasteiger partial charge on any atom is -0.394 e. The van der Waals surface area contributed by atoms with Crippen LogP contribution in [0.15, 0.2) is 0 Å². The molecule has 0 aromatic heterocycles. The molecule has 90 valence electrons. The average Bonchev–Trinajstić information content (AvgIpc) is 2.25. The van der Waals surface area contributed by atoms with Gasteiger partial charge in [0.2, 0.25) is 0 Å². The minimum atomic E-state index is -1.44. The zero-order valence-electron chi connectivity index (χ0n) is 8.06. The van der Waals surface area contributed by atoms with E-state index in [9.17, 15) is 15.3 Å². The molecule has 0 aromatic rings. The van der Waals surface area contributed by atoms with E-state index in [1.54, 1.807) is 0 Å². The van der Waals surface area contributed by atoms with Crippen LogP contribution in [-0.2, 0) is 9.47 Å². The van der Waals surface area contributed by atoms with Crippen molar-refractivity contribution < 1.29 is 35.0 Å². The van der Waals surface area contributed by atoms with Crippen molar-refractivity contribution in [3.8, 4) is 0 Å². The van der Waals surface area contributed by atoms with Gasteiger partial charge in [0.1, 0.15) is 24.4 Å². The highest BCUT2D eigenvalue weighted by atomic mass is 16.7. The molecule has 1 saturated heterocycles. The van der Waals surface area contributed by atoms with E-state index in [0.29, 0.717) is 0 Å². The second-order valence-electron chi connectivity index (χ2n) is 3.29. The van der Waals surface area contributed by atoms with Gasteiger partial charge in [-0.3, -0.25) is 0 Å². The van der Waals surface area contributed by atoms with E-state index < -0.39 is 37.3 Å². The molecule has 5 atom stereocenters. The Morgan fingerprint density at radius 3 is 2.20 bits per heavy atom. The van der Waals surface area contributed by atoms with E-state index in [4.69, 9.17) is 19.7 Å². The standard InChI is InChI=1S/C8H16O7/c9-1-2-14-8-7(13)6(12)5(11)4(3-10)15-8/h4-13H,1-3H2/t4-,5-,6+,7+,8+/m1/s1. The summed E-state index contributed by atoms with van der Waals surface area (Å²) in [6, 6.07) is 0. The van der Waals surface area contributed by atoms with Crippen molar-refractivity contribution in [1.82, 2.24) is 0 Å². The van der Waals surface area contributed by atoms with Gasteiger partial charge in [-0.15, -0.1) is 0 Å². The summed E-state index contributed by atoms with van der Waals surface area (Å²) < 4.78 is 9.88. The first-order chi connectivity index (χ1) is 7.11. The Kier molecular flexibility index (Phi) is 4.87. The van der Waals surface area contributed by atoms with E-state index >= 15 is 0 Å². The Bertz CT molecular complexity index is 186. The van der Waals surface area contributed by atoms with Gasteiger partial charge in [-0.1, -0.05) is 0 Å². The van der Waals surface area contributed by atoms with Crippen LogP contribution in [0.2, 0.25) is 0 Å². The van der Waals surface area contributed by atoms with Crippen LogP contribution in [0.5, 0.6) is 0 Å². The van der Waals surface area contributed by atoms with Crippen LogP contribution in [0.1, 0.15) is 0 Å². The maximum Gasteiger partial charge on any atom is 0.186 e. The van der Waals surface area contributed by atoms with Gasteiger partial charge in [0, 0.05) is 0 Å². The highest BCUT2D eigenvalue weighted by Gasteiger charge is 2.43. The van der Waals surface area contributed by atoms with E-state index in [2.05, 4.69) is 0 Å².